The molecular formula is C16H23NO2. The Labute approximate surface area is 115 Å². The summed E-state index contributed by atoms with van der Waals surface area (Å²) in [6, 6.07) is 10.6. The highest BCUT2D eigenvalue weighted by molar-refractivity contribution is 5.14. The van der Waals surface area contributed by atoms with Crippen LogP contribution in [-0.2, 0) is 11.3 Å². The minimum Gasteiger partial charge on any atom is -0.394 e. The summed E-state index contributed by atoms with van der Waals surface area (Å²) in [6.07, 6.45) is 4.80. The second kappa shape index (κ2) is 5.61. The number of aliphatic hydroxyl groups excluding tert-OH is 1. The fourth-order valence-corrected chi connectivity index (χ4v) is 3.54. The van der Waals surface area contributed by atoms with Crippen LogP contribution in [0.15, 0.2) is 30.3 Å². The van der Waals surface area contributed by atoms with Gasteiger partial charge >= 0.3 is 0 Å². The number of nitrogens with zero attached hydrogens (tertiary/aromatic N) is 1. The van der Waals surface area contributed by atoms with E-state index >= 15 is 0 Å². The lowest BCUT2D eigenvalue weighted by Crippen LogP contribution is -2.55. The Morgan fingerprint density at radius 1 is 1.21 bits per heavy atom. The molecule has 104 valence electrons. The fourth-order valence-electron chi connectivity index (χ4n) is 3.54. The number of hydrogen-bond acceptors (Lipinski definition) is 3. The largest absolute Gasteiger partial charge is 0.394 e. The third-order valence-corrected chi connectivity index (χ3v) is 4.36. The molecule has 3 nitrogen and oxygen atoms in total. The van der Waals surface area contributed by atoms with E-state index in [0.29, 0.717) is 0 Å². The Bertz CT molecular complexity index is 400. The molecule has 2 aliphatic rings. The van der Waals surface area contributed by atoms with Crippen molar-refractivity contribution < 1.29 is 9.84 Å². The molecule has 0 aromatic heterocycles. The molecule has 1 heterocycles. The lowest BCUT2D eigenvalue weighted by Gasteiger charge is -2.44. The summed E-state index contributed by atoms with van der Waals surface area (Å²) >= 11 is 0. The Hall–Kier alpha value is -0.900. The first kappa shape index (κ1) is 13.1. The van der Waals surface area contributed by atoms with Gasteiger partial charge < -0.3 is 9.84 Å². The molecule has 3 heteroatoms. The van der Waals surface area contributed by atoms with Crippen molar-refractivity contribution in [1.82, 2.24) is 4.90 Å². The van der Waals surface area contributed by atoms with Gasteiger partial charge in [-0.2, -0.15) is 0 Å². The molecule has 0 amide bonds. The molecule has 1 aliphatic carbocycles. The minimum atomic E-state index is -0.0180. The molecule has 1 aliphatic heterocycles. The van der Waals surface area contributed by atoms with Crippen molar-refractivity contribution in [3.05, 3.63) is 35.9 Å². The van der Waals surface area contributed by atoms with Gasteiger partial charge in [-0.3, -0.25) is 4.90 Å². The van der Waals surface area contributed by atoms with Gasteiger partial charge in [0.1, 0.15) is 0 Å². The maximum Gasteiger partial charge on any atom is 0.0940 e. The van der Waals surface area contributed by atoms with Crippen LogP contribution in [0.4, 0.5) is 0 Å². The van der Waals surface area contributed by atoms with E-state index < -0.39 is 0 Å². The summed E-state index contributed by atoms with van der Waals surface area (Å²) < 4.78 is 6.16. The molecule has 1 atom stereocenters. The molecule has 0 radical (unpaired) electrons. The van der Waals surface area contributed by atoms with E-state index in [9.17, 15) is 5.11 Å². The quantitative estimate of drug-likeness (QED) is 0.905. The zero-order valence-electron chi connectivity index (χ0n) is 11.4. The van der Waals surface area contributed by atoms with E-state index in [1.165, 1.54) is 18.4 Å². The van der Waals surface area contributed by atoms with Crippen molar-refractivity contribution in [2.45, 2.75) is 43.9 Å². The lowest BCUT2D eigenvalue weighted by atomic mass is 9.97. The standard InChI is InChI=1S/C16H23NO2/c18-12-15-11-17(10-14-6-2-1-3-7-14)13-16(19-15)8-4-5-9-16/h1-3,6-7,15,18H,4-5,8-13H2/t15-/m0/s1. The number of benzene rings is 1. The van der Waals surface area contributed by atoms with Gasteiger partial charge in [0, 0.05) is 19.6 Å². The van der Waals surface area contributed by atoms with Crippen molar-refractivity contribution in [2.24, 2.45) is 0 Å². The van der Waals surface area contributed by atoms with Crippen LogP contribution in [0, 0.1) is 0 Å². The van der Waals surface area contributed by atoms with Gasteiger partial charge in [0.25, 0.3) is 0 Å². The van der Waals surface area contributed by atoms with Gasteiger partial charge in [0.05, 0.1) is 18.3 Å². The van der Waals surface area contributed by atoms with E-state index in [0.717, 1.165) is 32.5 Å². The third-order valence-electron chi connectivity index (χ3n) is 4.36. The topological polar surface area (TPSA) is 32.7 Å². The van der Waals surface area contributed by atoms with Crippen LogP contribution >= 0.6 is 0 Å². The van der Waals surface area contributed by atoms with Crippen molar-refractivity contribution in [1.29, 1.82) is 0 Å². The minimum absolute atomic E-state index is 0.0143. The van der Waals surface area contributed by atoms with E-state index in [1.54, 1.807) is 0 Å². The van der Waals surface area contributed by atoms with E-state index in [2.05, 4.69) is 35.2 Å². The number of morpholine rings is 1. The van der Waals surface area contributed by atoms with E-state index in [4.69, 9.17) is 4.74 Å². The Kier molecular flexibility index (Phi) is 3.87. The second-order valence-corrected chi connectivity index (χ2v) is 5.97. The highest BCUT2D eigenvalue weighted by Crippen LogP contribution is 2.37. The van der Waals surface area contributed by atoms with Crippen molar-refractivity contribution in [3.63, 3.8) is 0 Å². The van der Waals surface area contributed by atoms with Crippen LogP contribution in [0.2, 0.25) is 0 Å². The summed E-state index contributed by atoms with van der Waals surface area (Å²) in [5.41, 5.74) is 1.36. The van der Waals surface area contributed by atoms with Gasteiger partial charge in [0.2, 0.25) is 0 Å². The highest BCUT2D eigenvalue weighted by Gasteiger charge is 2.42. The van der Waals surface area contributed by atoms with Crippen LogP contribution in [0.25, 0.3) is 0 Å². The smallest absolute Gasteiger partial charge is 0.0940 e. The van der Waals surface area contributed by atoms with E-state index in [-0.39, 0.29) is 18.3 Å². The predicted molar refractivity (Wildman–Crippen MR) is 74.9 cm³/mol. The first-order chi connectivity index (χ1) is 9.30. The zero-order chi connectivity index (χ0) is 13.1. The normalized spacial score (nSPS) is 26.9. The predicted octanol–water partition coefficient (Wildman–Crippen LogP) is 2.19. The monoisotopic (exact) mass is 261 g/mol. The molecule has 1 spiro atoms. The number of aliphatic hydroxyl groups is 1. The average molecular weight is 261 g/mol. The second-order valence-electron chi connectivity index (χ2n) is 5.97. The fraction of sp³-hybridized carbons (Fsp3) is 0.625. The molecule has 1 aromatic carbocycles. The molecule has 3 rings (SSSR count). The van der Waals surface area contributed by atoms with Gasteiger partial charge in [0.15, 0.2) is 0 Å². The maximum absolute atomic E-state index is 9.47. The lowest BCUT2D eigenvalue weighted by molar-refractivity contribution is -0.164. The maximum atomic E-state index is 9.47. The van der Waals surface area contributed by atoms with Crippen molar-refractivity contribution >= 4 is 0 Å². The third kappa shape index (κ3) is 2.99. The summed E-state index contributed by atoms with van der Waals surface area (Å²) in [7, 11) is 0. The van der Waals surface area contributed by atoms with Gasteiger partial charge in [-0.15, -0.1) is 0 Å². The first-order valence-electron chi connectivity index (χ1n) is 7.35. The molecule has 1 saturated heterocycles. The number of hydrogen-bond donors (Lipinski definition) is 1. The van der Waals surface area contributed by atoms with Gasteiger partial charge in [-0.05, 0) is 18.4 Å². The Morgan fingerprint density at radius 3 is 2.63 bits per heavy atom. The van der Waals surface area contributed by atoms with Gasteiger partial charge in [-0.1, -0.05) is 43.2 Å². The molecule has 2 fully saturated rings. The molecular weight excluding hydrogens is 238 g/mol. The van der Waals surface area contributed by atoms with Crippen LogP contribution in [-0.4, -0.2) is 41.4 Å². The number of ether oxygens (including phenoxy) is 1. The first-order valence-corrected chi connectivity index (χ1v) is 7.35. The molecule has 1 saturated carbocycles. The van der Waals surface area contributed by atoms with Crippen LogP contribution < -0.4 is 0 Å². The zero-order valence-corrected chi connectivity index (χ0v) is 11.4. The van der Waals surface area contributed by atoms with Crippen LogP contribution in [0.3, 0.4) is 0 Å². The van der Waals surface area contributed by atoms with Crippen LogP contribution in [0.5, 0.6) is 0 Å². The summed E-state index contributed by atoms with van der Waals surface area (Å²) in [4.78, 5) is 2.45. The molecule has 0 unspecified atom stereocenters. The average Bonchev–Trinajstić information content (AvgIpc) is 2.87. The molecule has 1 N–H and O–H groups in total. The van der Waals surface area contributed by atoms with Crippen molar-refractivity contribution in [3.8, 4) is 0 Å². The van der Waals surface area contributed by atoms with E-state index in [1.807, 2.05) is 0 Å². The molecule has 19 heavy (non-hydrogen) atoms. The summed E-state index contributed by atoms with van der Waals surface area (Å²) in [5.74, 6) is 0. The Balaban J connectivity index is 1.70. The van der Waals surface area contributed by atoms with Gasteiger partial charge in [-0.25, -0.2) is 0 Å². The number of rotatable bonds is 3. The SMILES string of the molecule is OC[C@@H]1CN(Cc2ccccc2)CC2(CCCC2)O1. The summed E-state index contributed by atoms with van der Waals surface area (Å²) in [6.45, 7) is 2.95. The van der Waals surface area contributed by atoms with Crippen molar-refractivity contribution in [2.75, 3.05) is 19.7 Å². The Morgan fingerprint density at radius 2 is 1.95 bits per heavy atom. The molecule has 0 bridgehead atoms. The highest BCUT2D eigenvalue weighted by atomic mass is 16.5. The molecule has 1 aromatic rings. The summed E-state index contributed by atoms with van der Waals surface area (Å²) in [5, 5.41) is 9.47. The van der Waals surface area contributed by atoms with Crippen LogP contribution in [0.1, 0.15) is 31.2 Å².